The van der Waals surface area contributed by atoms with Crippen LogP contribution in [0.25, 0.3) is 0 Å². The molecule has 0 atom stereocenters. The van der Waals surface area contributed by atoms with E-state index in [4.69, 9.17) is 5.11 Å². The number of carboxylic acid groups (broad SMARTS) is 1. The molecule has 0 aromatic heterocycles. The predicted octanol–water partition coefficient (Wildman–Crippen LogP) is 6.28. The van der Waals surface area contributed by atoms with Gasteiger partial charge in [-0.1, -0.05) is 75.1 Å². The van der Waals surface area contributed by atoms with Gasteiger partial charge in [0.1, 0.15) is 0 Å². The van der Waals surface area contributed by atoms with Crippen LogP contribution < -0.4 is 0 Å². The van der Waals surface area contributed by atoms with Crippen LogP contribution in [0.1, 0.15) is 75.3 Å². The highest BCUT2D eigenvalue weighted by Crippen LogP contribution is 2.37. The van der Waals surface area contributed by atoms with Crippen LogP contribution in [0.15, 0.2) is 48.6 Å². The number of unbranched alkanes of at least 4 members (excludes halogenated alkanes) is 2. The molecule has 0 unspecified atom stereocenters. The lowest BCUT2D eigenvalue weighted by Crippen LogP contribution is -2.13. The van der Waals surface area contributed by atoms with E-state index >= 15 is 0 Å². The Labute approximate surface area is 152 Å². The second-order valence-corrected chi connectivity index (χ2v) is 7.28. The van der Waals surface area contributed by atoms with Gasteiger partial charge in [0.2, 0.25) is 0 Å². The summed E-state index contributed by atoms with van der Waals surface area (Å²) in [4.78, 5) is 10.4. The normalized spacial score (nSPS) is 21.2. The van der Waals surface area contributed by atoms with Crippen molar-refractivity contribution in [2.75, 3.05) is 0 Å². The van der Waals surface area contributed by atoms with E-state index in [2.05, 4.69) is 31.2 Å². The van der Waals surface area contributed by atoms with Gasteiger partial charge in [-0.05, 0) is 55.1 Å². The summed E-state index contributed by atoms with van der Waals surface area (Å²) in [6.07, 6.45) is 18.4. The van der Waals surface area contributed by atoms with Gasteiger partial charge in [0.25, 0.3) is 0 Å². The third-order valence-electron chi connectivity index (χ3n) is 5.35. The topological polar surface area (TPSA) is 37.3 Å². The van der Waals surface area contributed by atoms with Crippen molar-refractivity contribution in [1.82, 2.24) is 0 Å². The van der Waals surface area contributed by atoms with Crippen molar-refractivity contribution >= 4 is 5.97 Å². The number of rotatable bonds is 9. The van der Waals surface area contributed by atoms with Crippen molar-refractivity contribution in [2.24, 2.45) is 5.92 Å². The van der Waals surface area contributed by atoms with Crippen LogP contribution in [0.4, 0.5) is 0 Å². The van der Waals surface area contributed by atoms with E-state index in [0.717, 1.165) is 24.3 Å². The molecule has 0 amide bonds. The van der Waals surface area contributed by atoms with Crippen molar-refractivity contribution in [2.45, 2.75) is 70.6 Å². The molecule has 25 heavy (non-hydrogen) atoms. The van der Waals surface area contributed by atoms with Crippen molar-refractivity contribution in [3.8, 4) is 0 Å². The maximum Gasteiger partial charge on any atom is 0.328 e. The molecule has 2 rings (SSSR count). The van der Waals surface area contributed by atoms with Crippen molar-refractivity contribution in [1.29, 1.82) is 0 Å². The largest absolute Gasteiger partial charge is 0.478 e. The van der Waals surface area contributed by atoms with Crippen molar-refractivity contribution < 1.29 is 9.90 Å². The van der Waals surface area contributed by atoms with Crippen LogP contribution >= 0.6 is 0 Å². The fourth-order valence-corrected chi connectivity index (χ4v) is 3.81. The maximum atomic E-state index is 10.4. The van der Waals surface area contributed by atoms with Gasteiger partial charge in [0.15, 0.2) is 0 Å². The van der Waals surface area contributed by atoms with Gasteiger partial charge in [-0.2, -0.15) is 0 Å². The number of carbonyl (C=O) groups is 1. The van der Waals surface area contributed by atoms with Crippen molar-refractivity contribution in [3.05, 3.63) is 59.7 Å². The van der Waals surface area contributed by atoms with Gasteiger partial charge in [0, 0.05) is 6.08 Å². The van der Waals surface area contributed by atoms with Gasteiger partial charge in [-0.3, -0.25) is 0 Å². The molecule has 0 heterocycles. The number of hydrogen-bond acceptors (Lipinski definition) is 1. The zero-order chi connectivity index (χ0) is 17.9. The highest BCUT2D eigenvalue weighted by molar-refractivity contribution is 5.80. The molecule has 2 heteroatoms. The molecule has 1 aliphatic carbocycles. The molecule has 2 nitrogen and oxygen atoms in total. The van der Waals surface area contributed by atoms with Crippen LogP contribution in [0.3, 0.4) is 0 Å². The molecule has 1 N–H and O–H groups in total. The molecule has 0 aliphatic heterocycles. The Morgan fingerprint density at radius 2 is 1.80 bits per heavy atom. The quantitative estimate of drug-likeness (QED) is 0.326. The number of carboxylic acids is 1. The first-order valence-electron chi connectivity index (χ1n) is 9.84. The Bertz CT molecular complexity index is 560. The molecule has 1 aromatic rings. The van der Waals surface area contributed by atoms with Gasteiger partial charge in [0.05, 0.1) is 0 Å². The zero-order valence-corrected chi connectivity index (χ0v) is 15.5. The van der Waals surface area contributed by atoms with E-state index in [0.29, 0.717) is 0 Å². The fraction of sp³-hybridized carbons (Fsp3) is 0.522. The molecule has 136 valence electrons. The minimum atomic E-state index is -0.908. The monoisotopic (exact) mass is 340 g/mol. The summed E-state index contributed by atoms with van der Waals surface area (Å²) in [5, 5.41) is 8.53. The second kappa shape index (κ2) is 10.9. The molecule has 0 spiro atoms. The first-order valence-corrected chi connectivity index (χ1v) is 9.84. The van der Waals surface area contributed by atoms with Crippen LogP contribution in [0.5, 0.6) is 0 Å². The van der Waals surface area contributed by atoms with Crippen LogP contribution in [0, 0.1) is 5.92 Å². The summed E-state index contributed by atoms with van der Waals surface area (Å²) in [6, 6.07) is 9.01. The average Bonchev–Trinajstić information content (AvgIpc) is 2.63. The van der Waals surface area contributed by atoms with Gasteiger partial charge in [-0.25, -0.2) is 4.79 Å². The smallest absolute Gasteiger partial charge is 0.328 e. The third-order valence-corrected chi connectivity index (χ3v) is 5.35. The molecule has 1 aliphatic rings. The molecular weight excluding hydrogens is 308 g/mol. The SMILES string of the molecule is CCCCCC1CCC(c2ccc(CC=CC=CC(=O)O)cc2)CC1. The van der Waals surface area contributed by atoms with Gasteiger partial charge in [-0.15, -0.1) is 0 Å². The first kappa shape index (κ1) is 19.5. The van der Waals surface area contributed by atoms with E-state index in [1.807, 2.05) is 6.08 Å². The second-order valence-electron chi connectivity index (χ2n) is 7.28. The van der Waals surface area contributed by atoms with Crippen molar-refractivity contribution in [3.63, 3.8) is 0 Å². The highest BCUT2D eigenvalue weighted by atomic mass is 16.4. The Kier molecular flexibility index (Phi) is 8.51. The van der Waals surface area contributed by atoms with E-state index < -0.39 is 5.97 Å². The maximum absolute atomic E-state index is 10.4. The number of benzene rings is 1. The summed E-state index contributed by atoms with van der Waals surface area (Å²) in [6.45, 7) is 2.28. The minimum absolute atomic E-state index is 0.741. The third kappa shape index (κ3) is 7.29. The molecule has 0 saturated heterocycles. The number of allylic oxidation sites excluding steroid dienone is 3. The van der Waals surface area contributed by atoms with Crippen LogP contribution in [0.2, 0.25) is 0 Å². The molecule has 1 aromatic carbocycles. The number of aliphatic carboxylic acids is 1. The summed E-state index contributed by atoms with van der Waals surface area (Å²) in [5.41, 5.74) is 2.77. The van der Waals surface area contributed by atoms with E-state index in [1.165, 1.54) is 62.5 Å². The lowest BCUT2D eigenvalue weighted by atomic mass is 9.77. The average molecular weight is 341 g/mol. The lowest BCUT2D eigenvalue weighted by Gasteiger charge is -2.29. The first-order chi connectivity index (χ1) is 12.2. The molecule has 0 radical (unpaired) electrons. The highest BCUT2D eigenvalue weighted by Gasteiger charge is 2.21. The van der Waals surface area contributed by atoms with Gasteiger partial charge < -0.3 is 5.11 Å². The fourth-order valence-electron chi connectivity index (χ4n) is 3.81. The Morgan fingerprint density at radius 3 is 2.44 bits per heavy atom. The zero-order valence-electron chi connectivity index (χ0n) is 15.5. The Hall–Kier alpha value is -1.83. The standard InChI is InChI=1S/C23H32O2/c1-2-3-5-8-19-11-15-21(16-12-19)22-17-13-20(14-18-22)9-6-4-7-10-23(24)25/h4,6-7,10,13-14,17-19,21H,2-3,5,8-9,11-12,15-16H2,1H3,(H,24,25). The van der Waals surface area contributed by atoms with E-state index in [9.17, 15) is 4.79 Å². The minimum Gasteiger partial charge on any atom is -0.478 e. The van der Waals surface area contributed by atoms with E-state index in [-0.39, 0.29) is 0 Å². The van der Waals surface area contributed by atoms with Gasteiger partial charge >= 0.3 is 5.97 Å². The summed E-state index contributed by atoms with van der Waals surface area (Å²) >= 11 is 0. The molecule has 1 fully saturated rings. The van der Waals surface area contributed by atoms with Crippen LogP contribution in [-0.4, -0.2) is 11.1 Å². The number of hydrogen-bond donors (Lipinski definition) is 1. The summed E-state index contributed by atoms with van der Waals surface area (Å²) in [5.74, 6) is 0.797. The molecule has 0 bridgehead atoms. The Balaban J connectivity index is 1.76. The molecular formula is C23H32O2. The Morgan fingerprint density at radius 1 is 1.08 bits per heavy atom. The summed E-state index contributed by atoms with van der Waals surface area (Å²) in [7, 11) is 0. The summed E-state index contributed by atoms with van der Waals surface area (Å²) < 4.78 is 0. The molecule has 1 saturated carbocycles. The predicted molar refractivity (Wildman–Crippen MR) is 105 cm³/mol. The lowest BCUT2D eigenvalue weighted by molar-refractivity contribution is -0.131. The van der Waals surface area contributed by atoms with E-state index in [1.54, 1.807) is 12.2 Å². The van der Waals surface area contributed by atoms with Crippen LogP contribution in [-0.2, 0) is 11.2 Å².